The third-order valence-corrected chi connectivity index (χ3v) is 5.26. The molecule has 1 aromatic rings. The standard InChI is InChI=1S/C16H24BrN3O/c1-16(2)8-6-11(7-9-16)20(3)12-4-5-13(14(17)10-12)15(18)19-21/h4-5,10-11,21H,6-9H2,1-3H3,(H2,18,19). The average molecular weight is 354 g/mol. The van der Waals surface area contributed by atoms with Crippen molar-refractivity contribution >= 4 is 27.5 Å². The Morgan fingerprint density at radius 2 is 2.00 bits per heavy atom. The maximum absolute atomic E-state index is 8.78. The van der Waals surface area contributed by atoms with E-state index in [1.54, 1.807) is 0 Å². The second-order valence-electron chi connectivity index (χ2n) is 6.66. The molecule has 0 heterocycles. The Hall–Kier alpha value is -1.23. The fourth-order valence-electron chi connectivity index (χ4n) is 2.97. The topological polar surface area (TPSA) is 61.8 Å². The predicted molar refractivity (Wildman–Crippen MR) is 91.1 cm³/mol. The van der Waals surface area contributed by atoms with Gasteiger partial charge in [0.15, 0.2) is 5.84 Å². The Balaban J connectivity index is 2.13. The van der Waals surface area contributed by atoms with Gasteiger partial charge in [0.05, 0.1) is 0 Å². The molecule has 1 fully saturated rings. The molecule has 0 atom stereocenters. The number of hydrogen-bond acceptors (Lipinski definition) is 3. The summed E-state index contributed by atoms with van der Waals surface area (Å²) < 4.78 is 0.846. The average Bonchev–Trinajstić information content (AvgIpc) is 2.45. The zero-order valence-corrected chi connectivity index (χ0v) is 14.5. The molecule has 1 aliphatic rings. The van der Waals surface area contributed by atoms with E-state index >= 15 is 0 Å². The highest BCUT2D eigenvalue weighted by molar-refractivity contribution is 9.10. The summed E-state index contributed by atoms with van der Waals surface area (Å²) in [6, 6.07) is 6.53. The summed E-state index contributed by atoms with van der Waals surface area (Å²) in [5.41, 5.74) is 7.99. The van der Waals surface area contributed by atoms with Crippen molar-refractivity contribution in [2.45, 2.75) is 45.6 Å². The summed E-state index contributed by atoms with van der Waals surface area (Å²) in [7, 11) is 2.15. The fourth-order valence-corrected chi connectivity index (χ4v) is 3.54. The number of halogens is 1. The van der Waals surface area contributed by atoms with E-state index in [1.807, 2.05) is 18.2 Å². The van der Waals surface area contributed by atoms with E-state index in [0.717, 1.165) is 10.2 Å². The molecule has 0 aromatic heterocycles. The normalized spacial score (nSPS) is 19.5. The maximum atomic E-state index is 8.78. The molecule has 0 radical (unpaired) electrons. The van der Waals surface area contributed by atoms with Crippen LogP contribution in [0.2, 0.25) is 0 Å². The summed E-state index contributed by atoms with van der Waals surface area (Å²) >= 11 is 3.50. The summed E-state index contributed by atoms with van der Waals surface area (Å²) in [6.07, 6.45) is 4.99. The minimum Gasteiger partial charge on any atom is -0.409 e. The maximum Gasteiger partial charge on any atom is 0.171 e. The molecule has 4 nitrogen and oxygen atoms in total. The lowest BCUT2D eigenvalue weighted by Crippen LogP contribution is -2.37. The minimum absolute atomic E-state index is 0.121. The highest BCUT2D eigenvalue weighted by Crippen LogP contribution is 2.38. The molecule has 1 aromatic carbocycles. The van der Waals surface area contributed by atoms with Gasteiger partial charge in [-0.05, 0) is 65.2 Å². The number of oxime groups is 1. The van der Waals surface area contributed by atoms with Gasteiger partial charge in [0, 0.05) is 28.8 Å². The van der Waals surface area contributed by atoms with Gasteiger partial charge in [-0.1, -0.05) is 19.0 Å². The van der Waals surface area contributed by atoms with Crippen LogP contribution in [0.1, 0.15) is 45.1 Å². The van der Waals surface area contributed by atoms with E-state index in [1.165, 1.54) is 25.7 Å². The van der Waals surface area contributed by atoms with Crippen LogP contribution in [-0.4, -0.2) is 24.1 Å². The quantitative estimate of drug-likeness (QED) is 0.374. The molecule has 21 heavy (non-hydrogen) atoms. The van der Waals surface area contributed by atoms with Gasteiger partial charge in [0.25, 0.3) is 0 Å². The molecule has 1 aliphatic carbocycles. The zero-order valence-electron chi connectivity index (χ0n) is 12.9. The lowest BCUT2D eigenvalue weighted by Gasteiger charge is -2.39. The van der Waals surface area contributed by atoms with E-state index in [9.17, 15) is 0 Å². The summed E-state index contributed by atoms with van der Waals surface area (Å²) in [5.74, 6) is 0.121. The predicted octanol–water partition coefficient (Wildman–Crippen LogP) is 3.95. The van der Waals surface area contributed by atoms with E-state index in [2.05, 4.69) is 46.9 Å². The number of hydrogen-bond donors (Lipinski definition) is 2. The highest BCUT2D eigenvalue weighted by Gasteiger charge is 2.29. The van der Waals surface area contributed by atoms with Crippen molar-refractivity contribution in [1.29, 1.82) is 0 Å². The van der Waals surface area contributed by atoms with Gasteiger partial charge in [0.2, 0.25) is 0 Å². The van der Waals surface area contributed by atoms with Crippen LogP contribution in [0.25, 0.3) is 0 Å². The molecule has 0 bridgehead atoms. The van der Waals surface area contributed by atoms with Gasteiger partial charge in [-0.15, -0.1) is 0 Å². The smallest absolute Gasteiger partial charge is 0.171 e. The third kappa shape index (κ3) is 3.70. The monoisotopic (exact) mass is 353 g/mol. The molecule has 1 saturated carbocycles. The largest absolute Gasteiger partial charge is 0.409 e. The zero-order chi connectivity index (χ0) is 15.6. The first-order valence-corrected chi connectivity index (χ1v) is 8.13. The van der Waals surface area contributed by atoms with Crippen LogP contribution >= 0.6 is 15.9 Å². The van der Waals surface area contributed by atoms with Gasteiger partial charge in [-0.2, -0.15) is 0 Å². The number of benzene rings is 1. The van der Waals surface area contributed by atoms with Gasteiger partial charge in [-0.3, -0.25) is 0 Å². The first kappa shape index (κ1) is 16.1. The second-order valence-corrected chi connectivity index (χ2v) is 7.51. The van der Waals surface area contributed by atoms with E-state index in [4.69, 9.17) is 10.9 Å². The van der Waals surface area contributed by atoms with Crippen molar-refractivity contribution in [2.24, 2.45) is 16.3 Å². The number of nitrogens with zero attached hydrogens (tertiary/aromatic N) is 2. The van der Waals surface area contributed by atoms with Crippen LogP contribution in [0, 0.1) is 5.41 Å². The van der Waals surface area contributed by atoms with E-state index in [0.29, 0.717) is 17.0 Å². The minimum atomic E-state index is 0.121. The van der Waals surface area contributed by atoms with Crippen LogP contribution in [-0.2, 0) is 0 Å². The van der Waals surface area contributed by atoms with E-state index in [-0.39, 0.29) is 5.84 Å². The van der Waals surface area contributed by atoms with Gasteiger partial charge >= 0.3 is 0 Å². The molecular weight excluding hydrogens is 330 g/mol. The molecule has 116 valence electrons. The summed E-state index contributed by atoms with van der Waals surface area (Å²) in [4.78, 5) is 2.34. The molecular formula is C16H24BrN3O. The van der Waals surface area contributed by atoms with Crippen LogP contribution < -0.4 is 10.6 Å². The molecule has 0 saturated heterocycles. The summed E-state index contributed by atoms with van der Waals surface area (Å²) in [5, 5.41) is 11.8. The molecule has 3 N–H and O–H groups in total. The molecule has 0 aliphatic heterocycles. The first-order valence-electron chi connectivity index (χ1n) is 7.34. The lowest BCUT2D eigenvalue weighted by molar-refractivity contribution is 0.222. The van der Waals surface area contributed by atoms with Crippen molar-refractivity contribution in [3.05, 3.63) is 28.2 Å². The van der Waals surface area contributed by atoms with Crippen molar-refractivity contribution in [3.8, 4) is 0 Å². The Labute approximate surface area is 135 Å². The number of nitrogens with two attached hydrogens (primary N) is 1. The van der Waals surface area contributed by atoms with Crippen molar-refractivity contribution in [1.82, 2.24) is 0 Å². The van der Waals surface area contributed by atoms with Crippen molar-refractivity contribution in [2.75, 3.05) is 11.9 Å². The Bertz CT molecular complexity index is 532. The summed E-state index contributed by atoms with van der Waals surface area (Å²) in [6.45, 7) is 4.71. The van der Waals surface area contributed by atoms with Gasteiger partial charge in [-0.25, -0.2) is 0 Å². The highest BCUT2D eigenvalue weighted by atomic mass is 79.9. The SMILES string of the molecule is CN(c1ccc(/C(N)=N/O)c(Br)c1)C1CCC(C)(C)CC1. The Kier molecular flexibility index (Phi) is 4.81. The van der Waals surface area contributed by atoms with E-state index < -0.39 is 0 Å². The molecule has 2 rings (SSSR count). The molecule has 0 unspecified atom stereocenters. The molecule has 0 amide bonds. The van der Waals surface area contributed by atoms with Crippen molar-refractivity contribution < 1.29 is 5.21 Å². The van der Waals surface area contributed by atoms with Gasteiger partial charge in [0.1, 0.15) is 0 Å². The Morgan fingerprint density at radius 1 is 1.38 bits per heavy atom. The second kappa shape index (κ2) is 6.26. The number of amidine groups is 1. The van der Waals surface area contributed by atoms with Gasteiger partial charge < -0.3 is 15.8 Å². The Morgan fingerprint density at radius 3 is 2.52 bits per heavy atom. The lowest BCUT2D eigenvalue weighted by atomic mass is 9.75. The van der Waals surface area contributed by atoms with Crippen LogP contribution in [0.3, 0.4) is 0 Å². The number of anilines is 1. The number of rotatable bonds is 3. The van der Waals surface area contributed by atoms with Crippen molar-refractivity contribution in [3.63, 3.8) is 0 Å². The first-order chi connectivity index (χ1) is 9.84. The van der Waals surface area contributed by atoms with Crippen LogP contribution in [0.15, 0.2) is 27.8 Å². The molecule has 5 heteroatoms. The van der Waals surface area contributed by atoms with Crippen LogP contribution in [0.5, 0.6) is 0 Å². The third-order valence-electron chi connectivity index (χ3n) is 4.60. The fraction of sp³-hybridized carbons (Fsp3) is 0.562. The van der Waals surface area contributed by atoms with Crippen LogP contribution in [0.4, 0.5) is 5.69 Å². The molecule has 0 spiro atoms.